The number of unbranched alkanes of at least 4 members (excludes halogenated alkanes) is 24. The van der Waals surface area contributed by atoms with E-state index >= 15 is 9.59 Å². The minimum absolute atomic E-state index is 0.0833. The van der Waals surface area contributed by atoms with Gasteiger partial charge in [-0.1, -0.05) is 214 Å². The van der Waals surface area contributed by atoms with Gasteiger partial charge in [-0.3, -0.25) is 9.59 Å². The molecule has 2 amide bonds. The highest BCUT2D eigenvalue weighted by Gasteiger charge is 2.49. The van der Waals surface area contributed by atoms with Crippen molar-refractivity contribution in [2.75, 3.05) is 13.1 Å². The van der Waals surface area contributed by atoms with E-state index in [1.165, 1.54) is 227 Å². The number of aryl methyl sites for hydroxylation is 1. The first-order valence-electron chi connectivity index (χ1n) is 30.3. The van der Waals surface area contributed by atoms with Crippen LogP contribution in [0.15, 0.2) is 65.4 Å². The number of nitrogens with zero attached hydrogens (tertiary/aromatic N) is 2. The van der Waals surface area contributed by atoms with Crippen molar-refractivity contribution in [1.29, 1.82) is 0 Å². The van der Waals surface area contributed by atoms with Crippen LogP contribution < -0.4 is 0 Å². The summed E-state index contributed by atoms with van der Waals surface area (Å²) in [5.74, 6) is 1.04. The number of carbonyl (C=O) groups is 2. The van der Waals surface area contributed by atoms with Crippen LogP contribution in [0.3, 0.4) is 0 Å². The number of fused-ring (bicyclic) bond motifs is 1. The van der Waals surface area contributed by atoms with Gasteiger partial charge >= 0.3 is 0 Å². The molecule has 0 aliphatic carbocycles. The van der Waals surface area contributed by atoms with Gasteiger partial charge in [-0.05, 0) is 99.4 Å². The number of hydrogen-bond acceptors (Lipinski definition) is 6. The summed E-state index contributed by atoms with van der Waals surface area (Å²) >= 11 is 7.37. The van der Waals surface area contributed by atoms with Crippen molar-refractivity contribution in [1.82, 2.24) is 9.80 Å². The van der Waals surface area contributed by atoms with E-state index in [0.717, 1.165) is 41.2 Å². The zero-order valence-electron chi connectivity index (χ0n) is 46.9. The first kappa shape index (κ1) is 59.5. The lowest BCUT2D eigenvalue weighted by Gasteiger charge is -2.29. The maximum absolute atomic E-state index is 15.4. The Balaban J connectivity index is 1.27. The van der Waals surface area contributed by atoms with Crippen LogP contribution in [0.1, 0.15) is 256 Å². The Hall–Kier alpha value is -2.78. The van der Waals surface area contributed by atoms with Gasteiger partial charge in [0.15, 0.2) is 0 Å². The SMILES string of the molecule is CCCCCCCCCCC(CCCCCCCC)CN1C(=O)C2=C(c3ccc(-c4ccc(-c5ccc(-c6ccc(C)s6)s5)s4)s3)N(CC(CCCCCCCC)CCCCCCCCCC)C(=O)C2=C1CC. The van der Waals surface area contributed by atoms with Crippen molar-refractivity contribution in [2.45, 2.75) is 253 Å². The molecule has 6 rings (SSSR count). The Morgan fingerprint density at radius 1 is 0.356 bits per heavy atom. The second-order valence-electron chi connectivity index (χ2n) is 22.0. The summed E-state index contributed by atoms with van der Waals surface area (Å²) in [4.78, 5) is 45.2. The third-order valence-corrected chi connectivity index (χ3v) is 20.7. The van der Waals surface area contributed by atoms with Crippen LogP contribution >= 0.6 is 45.3 Å². The first-order chi connectivity index (χ1) is 35.8. The largest absolute Gasteiger partial charge is 0.311 e. The standard InChI is InChI=1S/C65H98N2O2S4/c1-7-12-16-20-24-26-30-34-37-51(36-32-28-22-18-14-9-3)48-66-53(11-5)61-62(65(66)69)63(67(64(61)68)49-52(38-33-29-23-19-15-10-4)39-35-31-27-25-21-17-13-8-2)60-47-46-59(73-60)58-45-44-57(72-58)56-43-42-55(71-56)54-41-40-50(6)70-54/h40-47,51-52H,7-39,48-49H2,1-6H3. The van der Waals surface area contributed by atoms with Gasteiger partial charge in [-0.15, -0.1) is 45.3 Å². The molecule has 6 heterocycles. The lowest BCUT2D eigenvalue weighted by molar-refractivity contribution is -0.125. The molecule has 0 radical (unpaired) electrons. The van der Waals surface area contributed by atoms with Crippen LogP contribution in [0.4, 0.5) is 0 Å². The minimum atomic E-state index is 0.0833. The smallest absolute Gasteiger partial charge is 0.261 e. The van der Waals surface area contributed by atoms with Crippen molar-refractivity contribution in [3.05, 3.63) is 75.1 Å². The van der Waals surface area contributed by atoms with E-state index < -0.39 is 0 Å². The molecular weight excluding hydrogens is 969 g/mol. The van der Waals surface area contributed by atoms with E-state index in [1.54, 1.807) is 11.3 Å². The quantitative estimate of drug-likeness (QED) is 0.0416. The Labute approximate surface area is 461 Å². The van der Waals surface area contributed by atoms with Crippen molar-refractivity contribution < 1.29 is 9.59 Å². The molecule has 404 valence electrons. The Bertz CT molecular complexity index is 2270. The monoisotopic (exact) mass is 1070 g/mol. The van der Waals surface area contributed by atoms with Gasteiger partial charge in [0.1, 0.15) is 0 Å². The molecule has 0 saturated carbocycles. The fourth-order valence-corrected chi connectivity index (χ4v) is 15.8. The predicted molar refractivity (Wildman–Crippen MR) is 324 cm³/mol. The van der Waals surface area contributed by atoms with Gasteiger partial charge in [-0.25, -0.2) is 0 Å². The molecule has 0 spiro atoms. The second kappa shape index (κ2) is 33.4. The van der Waals surface area contributed by atoms with E-state index in [-0.39, 0.29) is 11.8 Å². The number of carbonyl (C=O) groups excluding carboxylic acids is 2. The molecule has 0 aromatic carbocycles. The zero-order valence-corrected chi connectivity index (χ0v) is 50.1. The van der Waals surface area contributed by atoms with E-state index in [1.807, 2.05) is 34.0 Å². The van der Waals surface area contributed by atoms with Crippen molar-refractivity contribution in [2.24, 2.45) is 11.8 Å². The summed E-state index contributed by atoms with van der Waals surface area (Å²) in [6.45, 7) is 15.0. The summed E-state index contributed by atoms with van der Waals surface area (Å²) in [5.41, 5.74) is 3.31. The zero-order chi connectivity index (χ0) is 51.6. The number of amides is 2. The van der Waals surface area contributed by atoms with Crippen LogP contribution in [-0.4, -0.2) is 34.7 Å². The molecule has 4 nitrogen and oxygen atoms in total. The molecule has 73 heavy (non-hydrogen) atoms. The van der Waals surface area contributed by atoms with Crippen LogP contribution in [0.25, 0.3) is 35.0 Å². The predicted octanol–water partition coefficient (Wildman–Crippen LogP) is 22.1. The molecule has 4 aromatic rings. The maximum atomic E-state index is 15.4. The normalized spacial score (nSPS) is 14.8. The highest BCUT2D eigenvalue weighted by molar-refractivity contribution is 7.28. The lowest BCUT2D eigenvalue weighted by Crippen LogP contribution is -2.35. The molecule has 2 atom stereocenters. The molecule has 2 aliphatic rings. The van der Waals surface area contributed by atoms with Gasteiger partial charge in [0.2, 0.25) is 0 Å². The third kappa shape index (κ3) is 18.2. The summed E-state index contributed by atoms with van der Waals surface area (Å²) < 4.78 is 0. The van der Waals surface area contributed by atoms with Crippen LogP contribution in [0.5, 0.6) is 0 Å². The van der Waals surface area contributed by atoms with E-state index in [9.17, 15) is 0 Å². The van der Waals surface area contributed by atoms with Gasteiger partial charge < -0.3 is 9.80 Å². The molecule has 2 aliphatic heterocycles. The highest BCUT2D eigenvalue weighted by Crippen LogP contribution is 2.49. The second-order valence-corrected chi connectivity index (χ2v) is 26.5. The van der Waals surface area contributed by atoms with Gasteiger partial charge in [0.25, 0.3) is 11.8 Å². The molecule has 0 fully saturated rings. The molecule has 8 heteroatoms. The number of hydrogen-bond donors (Lipinski definition) is 0. The molecule has 0 N–H and O–H groups in total. The lowest BCUT2D eigenvalue weighted by atomic mass is 9.93. The maximum Gasteiger partial charge on any atom is 0.261 e. The Morgan fingerprint density at radius 2 is 0.658 bits per heavy atom. The van der Waals surface area contributed by atoms with Gasteiger partial charge in [0, 0.05) is 52.9 Å². The topological polar surface area (TPSA) is 40.6 Å². The molecule has 0 bridgehead atoms. The summed E-state index contributed by atoms with van der Waals surface area (Å²) in [6.07, 6.45) is 41.8. The van der Waals surface area contributed by atoms with Crippen LogP contribution in [0.2, 0.25) is 0 Å². The van der Waals surface area contributed by atoms with Crippen molar-refractivity contribution in [3.63, 3.8) is 0 Å². The van der Waals surface area contributed by atoms with Gasteiger partial charge in [-0.2, -0.15) is 0 Å². The Morgan fingerprint density at radius 3 is 1.01 bits per heavy atom. The molecular formula is C65H98N2O2S4. The van der Waals surface area contributed by atoms with Gasteiger partial charge in [0.05, 0.1) is 21.7 Å². The van der Waals surface area contributed by atoms with Crippen molar-refractivity contribution >= 4 is 62.9 Å². The average Bonchev–Trinajstić information content (AvgIpc) is 4.28. The Kier molecular flexibility index (Phi) is 27.2. The summed E-state index contributed by atoms with van der Waals surface area (Å²) in [6, 6.07) is 18.1. The average molecular weight is 1070 g/mol. The van der Waals surface area contributed by atoms with Crippen LogP contribution in [0, 0.1) is 18.8 Å². The summed E-state index contributed by atoms with van der Waals surface area (Å²) in [7, 11) is 0. The summed E-state index contributed by atoms with van der Waals surface area (Å²) in [5, 5.41) is 0. The molecule has 0 saturated heterocycles. The fourth-order valence-electron chi connectivity index (χ4n) is 11.6. The first-order valence-corrected chi connectivity index (χ1v) is 33.6. The highest BCUT2D eigenvalue weighted by atomic mass is 32.1. The van der Waals surface area contributed by atoms with E-state index in [4.69, 9.17) is 0 Å². The molecule has 2 unspecified atom stereocenters. The number of allylic oxidation sites excluding steroid dienone is 1. The number of rotatable bonds is 41. The van der Waals surface area contributed by atoms with Crippen molar-refractivity contribution in [3.8, 4) is 29.3 Å². The van der Waals surface area contributed by atoms with E-state index in [0.29, 0.717) is 30.4 Å². The van der Waals surface area contributed by atoms with Crippen LogP contribution in [-0.2, 0) is 9.59 Å². The third-order valence-electron chi connectivity index (χ3n) is 15.9. The molecule has 4 aromatic heterocycles. The van der Waals surface area contributed by atoms with E-state index in [2.05, 4.69) is 99.9 Å². The number of thiophene rings is 4. The fraction of sp³-hybridized carbons (Fsp3) is 0.662. The minimum Gasteiger partial charge on any atom is -0.311 e.